The number of hydrogen-bond acceptors (Lipinski definition) is 3. The predicted octanol–water partition coefficient (Wildman–Crippen LogP) is 3.62. The molecule has 0 aromatic carbocycles. The molecule has 5 heteroatoms. The highest BCUT2D eigenvalue weighted by Crippen LogP contribution is 2.27. The summed E-state index contributed by atoms with van der Waals surface area (Å²) < 4.78 is 0.839. The molecule has 0 unspecified atom stereocenters. The molecule has 0 aliphatic carbocycles. The van der Waals surface area contributed by atoms with E-state index in [9.17, 15) is 4.79 Å². The van der Waals surface area contributed by atoms with Crippen LogP contribution in [-0.4, -0.2) is 15.8 Å². The van der Waals surface area contributed by atoms with Crippen molar-refractivity contribution >= 4 is 44.1 Å². The van der Waals surface area contributed by atoms with E-state index in [0.29, 0.717) is 5.56 Å². The molecule has 0 atom stereocenters. The summed E-state index contributed by atoms with van der Waals surface area (Å²) in [7, 11) is 0. The lowest BCUT2D eigenvalue weighted by atomic mass is 10.1. The summed E-state index contributed by atoms with van der Waals surface area (Å²) in [6.07, 6.45) is 3.42. The summed E-state index contributed by atoms with van der Waals surface area (Å²) in [4.78, 5) is 20.2. The minimum atomic E-state index is 0.0196. The molecule has 0 aliphatic heterocycles. The summed E-state index contributed by atoms with van der Waals surface area (Å²) in [5.41, 5.74) is 1.40. The molecule has 0 aliphatic rings. The molecule has 3 heterocycles. The lowest BCUT2D eigenvalue weighted by Gasteiger charge is -1.96. The number of ketones is 1. The van der Waals surface area contributed by atoms with Gasteiger partial charge in [-0.05, 0) is 39.5 Å². The van der Waals surface area contributed by atoms with Gasteiger partial charge in [-0.25, -0.2) is 4.98 Å². The van der Waals surface area contributed by atoms with Crippen molar-refractivity contribution in [2.75, 3.05) is 0 Å². The second-order valence-electron chi connectivity index (χ2n) is 3.53. The number of nitrogens with one attached hydrogen (secondary N) is 1. The molecule has 3 nitrogen and oxygen atoms in total. The van der Waals surface area contributed by atoms with Crippen LogP contribution in [0.4, 0.5) is 0 Å². The molecule has 0 fully saturated rings. The van der Waals surface area contributed by atoms with Gasteiger partial charge in [-0.1, -0.05) is 0 Å². The average Bonchev–Trinajstić information content (AvgIpc) is 2.94. The van der Waals surface area contributed by atoms with Gasteiger partial charge in [-0.15, -0.1) is 11.3 Å². The first-order chi connectivity index (χ1) is 8.27. The van der Waals surface area contributed by atoms with Crippen LogP contribution in [0.3, 0.4) is 0 Å². The third-order valence-corrected chi connectivity index (χ3v) is 4.36. The molecule has 0 amide bonds. The van der Waals surface area contributed by atoms with Gasteiger partial charge in [0.1, 0.15) is 5.65 Å². The number of pyridine rings is 1. The number of hydrogen-bond donors (Lipinski definition) is 1. The predicted molar refractivity (Wildman–Crippen MR) is 71.5 cm³/mol. The van der Waals surface area contributed by atoms with Crippen LogP contribution in [0.1, 0.15) is 15.2 Å². The van der Waals surface area contributed by atoms with Crippen LogP contribution in [0, 0.1) is 0 Å². The van der Waals surface area contributed by atoms with Gasteiger partial charge >= 0.3 is 0 Å². The molecule has 17 heavy (non-hydrogen) atoms. The van der Waals surface area contributed by atoms with Crippen molar-refractivity contribution in [3.8, 4) is 0 Å². The molecular formula is C12H7BrN2OS. The van der Waals surface area contributed by atoms with Gasteiger partial charge in [0.25, 0.3) is 0 Å². The smallest absolute Gasteiger partial charge is 0.206 e. The Bertz CT molecular complexity index is 701. The Morgan fingerprint density at radius 2 is 2.29 bits per heavy atom. The number of thiophene rings is 1. The first kappa shape index (κ1) is 10.7. The van der Waals surface area contributed by atoms with Crippen LogP contribution in [0.25, 0.3) is 11.0 Å². The molecule has 0 saturated carbocycles. The summed E-state index contributed by atoms with van der Waals surface area (Å²) in [5, 5.41) is 2.75. The standard InChI is InChI=1S/C12H7BrN2OS/c13-9-3-5-17-11(9)10(16)8-6-15-12-7(8)2-1-4-14-12/h1-6H,(H,14,15). The maximum absolute atomic E-state index is 12.3. The zero-order chi connectivity index (χ0) is 11.8. The second-order valence-corrected chi connectivity index (χ2v) is 5.30. The normalized spacial score (nSPS) is 10.9. The zero-order valence-corrected chi connectivity index (χ0v) is 11.0. The molecule has 3 aromatic rings. The molecule has 3 rings (SSSR count). The molecule has 0 radical (unpaired) electrons. The Kier molecular flexibility index (Phi) is 2.57. The molecular weight excluding hydrogens is 300 g/mol. The first-order valence-corrected chi connectivity index (χ1v) is 6.64. The van der Waals surface area contributed by atoms with E-state index in [-0.39, 0.29) is 5.78 Å². The van der Waals surface area contributed by atoms with Crippen molar-refractivity contribution < 1.29 is 4.79 Å². The van der Waals surface area contributed by atoms with E-state index >= 15 is 0 Å². The molecule has 0 spiro atoms. The Labute approximate surface area is 110 Å². The van der Waals surface area contributed by atoms with Gasteiger partial charge in [-0.3, -0.25) is 4.79 Å². The van der Waals surface area contributed by atoms with Crippen LogP contribution in [-0.2, 0) is 0 Å². The van der Waals surface area contributed by atoms with Gasteiger partial charge < -0.3 is 4.98 Å². The van der Waals surface area contributed by atoms with E-state index in [2.05, 4.69) is 25.9 Å². The number of aromatic nitrogens is 2. The highest BCUT2D eigenvalue weighted by molar-refractivity contribution is 9.10. The number of rotatable bonds is 2. The molecule has 3 aromatic heterocycles. The van der Waals surface area contributed by atoms with Crippen molar-refractivity contribution in [3.05, 3.63) is 50.9 Å². The van der Waals surface area contributed by atoms with E-state index in [4.69, 9.17) is 0 Å². The van der Waals surface area contributed by atoms with Crippen LogP contribution >= 0.6 is 27.3 Å². The monoisotopic (exact) mass is 306 g/mol. The summed E-state index contributed by atoms with van der Waals surface area (Å²) in [5.74, 6) is 0.0196. The highest BCUT2D eigenvalue weighted by Gasteiger charge is 2.17. The minimum absolute atomic E-state index is 0.0196. The van der Waals surface area contributed by atoms with Crippen molar-refractivity contribution in [1.29, 1.82) is 0 Å². The van der Waals surface area contributed by atoms with E-state index in [0.717, 1.165) is 20.4 Å². The van der Waals surface area contributed by atoms with Crippen molar-refractivity contribution in [2.45, 2.75) is 0 Å². The largest absolute Gasteiger partial charge is 0.345 e. The van der Waals surface area contributed by atoms with Crippen LogP contribution < -0.4 is 0 Å². The Hall–Kier alpha value is -1.46. The van der Waals surface area contributed by atoms with E-state index in [1.54, 1.807) is 12.4 Å². The maximum Gasteiger partial charge on any atom is 0.206 e. The Morgan fingerprint density at radius 3 is 3.06 bits per heavy atom. The fourth-order valence-electron chi connectivity index (χ4n) is 1.72. The Balaban J connectivity index is 2.17. The quantitative estimate of drug-likeness (QED) is 0.735. The fourth-order valence-corrected chi connectivity index (χ4v) is 3.23. The fraction of sp³-hybridized carbons (Fsp3) is 0. The first-order valence-electron chi connectivity index (χ1n) is 4.97. The topological polar surface area (TPSA) is 45.8 Å². The summed E-state index contributed by atoms with van der Waals surface area (Å²) in [6, 6.07) is 5.61. The van der Waals surface area contributed by atoms with Crippen LogP contribution in [0.5, 0.6) is 0 Å². The second kappa shape index (κ2) is 4.09. The number of aromatic amines is 1. The van der Waals surface area contributed by atoms with Crippen LogP contribution in [0.2, 0.25) is 0 Å². The van der Waals surface area contributed by atoms with Gasteiger partial charge in [0, 0.05) is 22.3 Å². The lowest BCUT2D eigenvalue weighted by Crippen LogP contribution is -1.97. The number of nitrogens with zero attached hydrogens (tertiary/aromatic N) is 1. The van der Waals surface area contributed by atoms with Gasteiger partial charge in [0.2, 0.25) is 5.78 Å². The molecule has 0 bridgehead atoms. The van der Waals surface area contributed by atoms with E-state index in [1.165, 1.54) is 11.3 Å². The summed E-state index contributed by atoms with van der Waals surface area (Å²) >= 11 is 4.81. The zero-order valence-electron chi connectivity index (χ0n) is 8.61. The molecule has 84 valence electrons. The minimum Gasteiger partial charge on any atom is -0.345 e. The van der Waals surface area contributed by atoms with E-state index < -0.39 is 0 Å². The molecule has 0 saturated heterocycles. The number of fused-ring (bicyclic) bond motifs is 1. The maximum atomic E-state index is 12.3. The number of halogens is 1. The highest BCUT2D eigenvalue weighted by atomic mass is 79.9. The van der Waals surface area contributed by atoms with Gasteiger partial charge in [0.05, 0.1) is 10.4 Å². The molecule has 1 N–H and O–H groups in total. The third kappa shape index (κ3) is 1.71. The van der Waals surface area contributed by atoms with Crippen LogP contribution in [0.15, 0.2) is 40.4 Å². The van der Waals surface area contributed by atoms with Gasteiger partial charge in [-0.2, -0.15) is 0 Å². The number of carbonyl (C=O) groups excluding carboxylic acids is 1. The average molecular weight is 307 g/mol. The SMILES string of the molecule is O=C(c1sccc1Br)c1c[nH]c2ncccc12. The van der Waals surface area contributed by atoms with Crippen molar-refractivity contribution in [1.82, 2.24) is 9.97 Å². The number of H-pyrrole nitrogens is 1. The van der Waals surface area contributed by atoms with Gasteiger partial charge in [0.15, 0.2) is 0 Å². The van der Waals surface area contributed by atoms with Crippen molar-refractivity contribution in [3.63, 3.8) is 0 Å². The van der Waals surface area contributed by atoms with Crippen molar-refractivity contribution in [2.24, 2.45) is 0 Å². The number of carbonyl (C=O) groups is 1. The Morgan fingerprint density at radius 1 is 1.41 bits per heavy atom. The summed E-state index contributed by atoms with van der Waals surface area (Å²) in [6.45, 7) is 0. The third-order valence-electron chi connectivity index (χ3n) is 2.52. The van der Waals surface area contributed by atoms with E-state index in [1.807, 2.05) is 23.6 Å². The lowest BCUT2D eigenvalue weighted by molar-refractivity contribution is 0.104.